The number of aliphatic imine (C=N–C) groups is 2. The van der Waals surface area contributed by atoms with Gasteiger partial charge in [-0.25, -0.2) is 9.59 Å². The first-order valence-electron chi connectivity index (χ1n) is 6.29. The van der Waals surface area contributed by atoms with Crippen LogP contribution in [0.3, 0.4) is 0 Å². The van der Waals surface area contributed by atoms with Crippen LogP contribution in [0.5, 0.6) is 0 Å². The molecule has 0 unspecified atom stereocenters. The zero-order chi connectivity index (χ0) is 16.1. The molecule has 22 heavy (non-hydrogen) atoms. The Balaban J connectivity index is 2.53. The second kappa shape index (κ2) is 7.17. The summed E-state index contributed by atoms with van der Waals surface area (Å²) in [6, 6.07) is 8.61. The Morgan fingerprint density at radius 3 is 2.32 bits per heavy atom. The van der Waals surface area contributed by atoms with Crippen LogP contribution in [0.4, 0.5) is 11.4 Å². The lowest BCUT2D eigenvalue weighted by Gasteiger charge is -2.10. The fourth-order valence-corrected chi connectivity index (χ4v) is 2.61. The molecule has 6 heteroatoms. The molecule has 0 bridgehead atoms. The second-order valence-corrected chi connectivity index (χ2v) is 5.38. The summed E-state index contributed by atoms with van der Waals surface area (Å²) in [5.74, 6) is 0. The van der Waals surface area contributed by atoms with E-state index in [0.29, 0.717) is 33.4 Å². The van der Waals surface area contributed by atoms with Crippen LogP contribution in [0.25, 0.3) is 0 Å². The lowest BCUT2D eigenvalue weighted by molar-refractivity contribution is 0.565. The summed E-state index contributed by atoms with van der Waals surface area (Å²) in [6.45, 7) is 1.72. The predicted molar refractivity (Wildman–Crippen MR) is 86.0 cm³/mol. The molecule has 110 valence electrons. The maximum absolute atomic E-state index is 10.7. The van der Waals surface area contributed by atoms with Crippen LogP contribution in [0.2, 0.25) is 10.0 Å². The molecule has 2 rings (SSSR count). The molecule has 2 aromatic rings. The van der Waals surface area contributed by atoms with E-state index in [2.05, 4.69) is 9.98 Å². The molecule has 0 spiro atoms. The van der Waals surface area contributed by atoms with Crippen molar-refractivity contribution in [3.8, 4) is 0 Å². The van der Waals surface area contributed by atoms with Crippen LogP contribution in [-0.2, 0) is 16.0 Å². The second-order valence-electron chi connectivity index (χ2n) is 4.54. The molecule has 0 aromatic heterocycles. The largest absolute Gasteiger partial charge is 0.240 e. The predicted octanol–water partition coefficient (Wildman–Crippen LogP) is 4.83. The molecule has 0 atom stereocenters. The van der Waals surface area contributed by atoms with E-state index in [4.69, 9.17) is 23.2 Å². The van der Waals surface area contributed by atoms with Gasteiger partial charge in [0.1, 0.15) is 0 Å². The molecule has 4 nitrogen and oxygen atoms in total. The number of nitrogens with zero attached hydrogens (tertiary/aromatic N) is 2. The Labute approximate surface area is 137 Å². The van der Waals surface area contributed by atoms with E-state index in [1.165, 1.54) is 12.2 Å². The zero-order valence-electron chi connectivity index (χ0n) is 11.6. The number of isocyanates is 2. The number of carbonyl (C=O) groups excluding carboxylic acids is 2. The van der Waals surface area contributed by atoms with Gasteiger partial charge in [0.2, 0.25) is 12.2 Å². The fraction of sp³-hybridized carbons (Fsp3) is 0.125. The molecular formula is C16H10Cl2N2O2. The minimum Gasteiger partial charge on any atom is -0.211 e. The molecular weight excluding hydrogens is 323 g/mol. The Kier molecular flexibility index (Phi) is 5.26. The van der Waals surface area contributed by atoms with Crippen molar-refractivity contribution in [2.24, 2.45) is 9.98 Å². The van der Waals surface area contributed by atoms with Gasteiger partial charge in [0.25, 0.3) is 0 Å². The van der Waals surface area contributed by atoms with Crippen LogP contribution >= 0.6 is 23.2 Å². The first-order valence-corrected chi connectivity index (χ1v) is 7.04. The van der Waals surface area contributed by atoms with Gasteiger partial charge in [-0.3, -0.25) is 0 Å². The smallest absolute Gasteiger partial charge is 0.211 e. The molecule has 0 N–H and O–H groups in total. The Hall–Kier alpha value is -2.22. The third-order valence-corrected chi connectivity index (χ3v) is 3.79. The molecule has 0 aliphatic carbocycles. The van der Waals surface area contributed by atoms with E-state index < -0.39 is 0 Å². The summed E-state index contributed by atoms with van der Waals surface area (Å²) in [6.07, 6.45) is 3.46. The van der Waals surface area contributed by atoms with E-state index in [0.717, 1.165) is 11.1 Å². The van der Waals surface area contributed by atoms with Crippen molar-refractivity contribution in [2.45, 2.75) is 13.3 Å². The Morgan fingerprint density at radius 1 is 1.00 bits per heavy atom. The minimum absolute atomic E-state index is 0.412. The molecule has 0 heterocycles. The molecule has 0 aliphatic heterocycles. The van der Waals surface area contributed by atoms with Crippen molar-refractivity contribution in [2.75, 3.05) is 0 Å². The number of halogens is 2. The molecule has 0 radical (unpaired) electrons. The van der Waals surface area contributed by atoms with E-state index >= 15 is 0 Å². The molecule has 2 aromatic carbocycles. The molecule has 0 saturated carbocycles. The summed E-state index contributed by atoms with van der Waals surface area (Å²) < 4.78 is 0. The van der Waals surface area contributed by atoms with E-state index in [1.807, 2.05) is 6.07 Å². The normalized spacial score (nSPS) is 9.77. The molecule has 0 saturated heterocycles. The van der Waals surface area contributed by atoms with Gasteiger partial charge in [-0.15, -0.1) is 0 Å². The fourth-order valence-electron chi connectivity index (χ4n) is 2.13. The number of hydrogen-bond acceptors (Lipinski definition) is 4. The third kappa shape index (κ3) is 3.51. The molecule has 0 aliphatic rings. The van der Waals surface area contributed by atoms with Gasteiger partial charge in [-0.05, 0) is 36.2 Å². The summed E-state index contributed by atoms with van der Waals surface area (Å²) in [5.41, 5.74) is 3.07. The number of hydrogen-bond donors (Lipinski definition) is 0. The lowest BCUT2D eigenvalue weighted by atomic mass is 9.99. The monoisotopic (exact) mass is 332 g/mol. The highest BCUT2D eigenvalue weighted by Gasteiger charge is 2.12. The van der Waals surface area contributed by atoms with Crippen molar-refractivity contribution >= 4 is 46.7 Å². The summed E-state index contributed by atoms with van der Waals surface area (Å²) in [7, 11) is 0. The first-order chi connectivity index (χ1) is 10.6. The molecule has 0 amide bonds. The minimum atomic E-state index is 0.412. The highest BCUT2D eigenvalue weighted by Crippen LogP contribution is 2.34. The zero-order valence-corrected chi connectivity index (χ0v) is 13.1. The Bertz CT molecular complexity index is 821. The SMILES string of the molecule is Cc1c(N=C=O)ccc(Cc2ccc(Cl)cc2Cl)c1N=C=O. The first kappa shape index (κ1) is 16.2. The van der Waals surface area contributed by atoms with Crippen molar-refractivity contribution in [1.82, 2.24) is 0 Å². The van der Waals surface area contributed by atoms with Gasteiger partial charge in [0.15, 0.2) is 0 Å². The average Bonchev–Trinajstić information content (AvgIpc) is 2.48. The van der Waals surface area contributed by atoms with Crippen LogP contribution in [0.1, 0.15) is 16.7 Å². The Morgan fingerprint density at radius 2 is 1.68 bits per heavy atom. The van der Waals surface area contributed by atoms with Gasteiger partial charge < -0.3 is 0 Å². The summed E-state index contributed by atoms with van der Waals surface area (Å²) in [4.78, 5) is 28.4. The van der Waals surface area contributed by atoms with E-state index in [1.54, 1.807) is 31.2 Å². The van der Waals surface area contributed by atoms with Crippen LogP contribution in [0, 0.1) is 6.92 Å². The highest BCUT2D eigenvalue weighted by atomic mass is 35.5. The molecule has 0 fully saturated rings. The summed E-state index contributed by atoms with van der Waals surface area (Å²) >= 11 is 12.0. The highest BCUT2D eigenvalue weighted by molar-refractivity contribution is 6.35. The van der Waals surface area contributed by atoms with Crippen molar-refractivity contribution < 1.29 is 9.59 Å². The lowest BCUT2D eigenvalue weighted by Crippen LogP contribution is -1.92. The standard InChI is InChI=1S/C16H10Cl2N2O2/c1-10-15(19-8-21)5-3-12(16(10)20-9-22)6-11-2-4-13(17)7-14(11)18/h2-5,7H,6H2,1H3. The van der Waals surface area contributed by atoms with Crippen LogP contribution < -0.4 is 0 Å². The number of rotatable bonds is 4. The maximum Gasteiger partial charge on any atom is 0.240 e. The van der Waals surface area contributed by atoms with Crippen molar-refractivity contribution in [1.29, 1.82) is 0 Å². The van der Waals surface area contributed by atoms with E-state index in [9.17, 15) is 9.59 Å². The van der Waals surface area contributed by atoms with Crippen LogP contribution in [0.15, 0.2) is 40.3 Å². The third-order valence-electron chi connectivity index (χ3n) is 3.21. The van der Waals surface area contributed by atoms with Gasteiger partial charge >= 0.3 is 0 Å². The van der Waals surface area contributed by atoms with Gasteiger partial charge in [0.05, 0.1) is 11.4 Å². The van der Waals surface area contributed by atoms with Gasteiger partial charge in [-0.2, -0.15) is 9.98 Å². The van der Waals surface area contributed by atoms with Crippen molar-refractivity contribution in [3.63, 3.8) is 0 Å². The summed E-state index contributed by atoms with van der Waals surface area (Å²) in [5, 5.41) is 1.08. The topological polar surface area (TPSA) is 58.9 Å². The number of benzene rings is 2. The van der Waals surface area contributed by atoms with Gasteiger partial charge in [-0.1, -0.05) is 35.3 Å². The van der Waals surface area contributed by atoms with E-state index in [-0.39, 0.29) is 0 Å². The average molecular weight is 333 g/mol. The maximum atomic E-state index is 10.7. The van der Waals surface area contributed by atoms with Gasteiger partial charge in [0, 0.05) is 22.0 Å². The quantitative estimate of drug-likeness (QED) is 0.594. The van der Waals surface area contributed by atoms with Crippen molar-refractivity contribution in [3.05, 3.63) is 57.1 Å². The van der Waals surface area contributed by atoms with Crippen LogP contribution in [-0.4, -0.2) is 12.2 Å².